The smallest absolute Gasteiger partial charge is 0.241 e. The summed E-state index contributed by atoms with van der Waals surface area (Å²) in [6.45, 7) is 4.27. The van der Waals surface area contributed by atoms with Gasteiger partial charge in [-0.3, -0.25) is 0 Å². The van der Waals surface area contributed by atoms with Crippen LogP contribution < -0.4 is 9.46 Å². The van der Waals surface area contributed by atoms with Crippen LogP contribution in [-0.2, 0) is 10.0 Å². The van der Waals surface area contributed by atoms with Gasteiger partial charge in [0.15, 0.2) is 0 Å². The van der Waals surface area contributed by atoms with E-state index >= 15 is 0 Å². The lowest BCUT2D eigenvalue weighted by atomic mass is 10.3. The van der Waals surface area contributed by atoms with Crippen molar-refractivity contribution in [3.8, 4) is 5.75 Å². The fourth-order valence-corrected chi connectivity index (χ4v) is 3.81. The number of benzene rings is 1. The molecule has 1 aromatic heterocycles. The van der Waals surface area contributed by atoms with E-state index in [0.717, 1.165) is 4.88 Å². The predicted molar refractivity (Wildman–Crippen MR) is 80.7 cm³/mol. The van der Waals surface area contributed by atoms with Crippen LogP contribution in [0.15, 0.2) is 46.7 Å². The molecule has 1 aromatic carbocycles. The molecule has 4 nitrogen and oxygen atoms in total. The van der Waals surface area contributed by atoms with Gasteiger partial charge in [-0.1, -0.05) is 6.07 Å². The molecule has 2 rings (SSSR count). The van der Waals surface area contributed by atoms with Gasteiger partial charge in [-0.15, -0.1) is 11.3 Å². The maximum Gasteiger partial charge on any atom is 0.241 e. The molecule has 20 heavy (non-hydrogen) atoms. The zero-order chi connectivity index (χ0) is 14.6. The van der Waals surface area contributed by atoms with Crippen molar-refractivity contribution in [1.82, 2.24) is 4.72 Å². The molecule has 1 N–H and O–H groups in total. The van der Waals surface area contributed by atoms with Gasteiger partial charge < -0.3 is 4.74 Å². The van der Waals surface area contributed by atoms with Crippen molar-refractivity contribution in [2.75, 3.05) is 6.61 Å². The third-order valence-electron chi connectivity index (χ3n) is 2.75. The SMILES string of the molecule is CCOc1ccc(S(=O)(=O)NC(C)c2cccs2)cc1. The Labute approximate surface area is 123 Å². The number of thiophene rings is 1. The molecule has 0 saturated heterocycles. The zero-order valence-corrected chi connectivity index (χ0v) is 13.0. The summed E-state index contributed by atoms with van der Waals surface area (Å²) in [6.07, 6.45) is 0. The molecule has 1 heterocycles. The normalized spacial score (nSPS) is 13.1. The maximum absolute atomic E-state index is 12.3. The maximum atomic E-state index is 12.3. The van der Waals surface area contributed by atoms with Crippen LogP contribution in [0.25, 0.3) is 0 Å². The summed E-state index contributed by atoms with van der Waals surface area (Å²) < 4.78 is 32.5. The molecule has 0 aliphatic rings. The van der Waals surface area contributed by atoms with Gasteiger partial charge in [0.1, 0.15) is 5.75 Å². The first-order chi connectivity index (χ1) is 9.53. The van der Waals surface area contributed by atoms with E-state index in [1.165, 1.54) is 11.3 Å². The Morgan fingerprint density at radius 3 is 2.50 bits per heavy atom. The van der Waals surface area contributed by atoms with E-state index in [1.54, 1.807) is 24.3 Å². The van der Waals surface area contributed by atoms with Crippen LogP contribution in [0.2, 0.25) is 0 Å². The summed E-state index contributed by atoms with van der Waals surface area (Å²) in [6, 6.07) is 9.99. The van der Waals surface area contributed by atoms with Crippen LogP contribution >= 0.6 is 11.3 Å². The summed E-state index contributed by atoms with van der Waals surface area (Å²) in [5, 5.41) is 1.93. The van der Waals surface area contributed by atoms with E-state index < -0.39 is 10.0 Å². The fraction of sp³-hybridized carbons (Fsp3) is 0.286. The lowest BCUT2D eigenvalue weighted by Gasteiger charge is -2.13. The summed E-state index contributed by atoms with van der Waals surface area (Å²) in [7, 11) is -3.52. The van der Waals surface area contributed by atoms with Gasteiger partial charge in [0.25, 0.3) is 0 Å². The Hall–Kier alpha value is -1.37. The highest BCUT2D eigenvalue weighted by molar-refractivity contribution is 7.89. The highest BCUT2D eigenvalue weighted by atomic mass is 32.2. The van der Waals surface area contributed by atoms with E-state index in [0.29, 0.717) is 12.4 Å². The number of hydrogen-bond donors (Lipinski definition) is 1. The first-order valence-corrected chi connectivity index (χ1v) is 8.68. The largest absolute Gasteiger partial charge is 0.494 e. The molecule has 0 radical (unpaired) electrons. The van der Waals surface area contributed by atoms with Crippen molar-refractivity contribution >= 4 is 21.4 Å². The molecule has 1 atom stereocenters. The molecule has 0 aliphatic carbocycles. The fourth-order valence-electron chi connectivity index (χ4n) is 1.78. The number of nitrogens with one attached hydrogen (secondary N) is 1. The lowest BCUT2D eigenvalue weighted by molar-refractivity contribution is 0.340. The summed E-state index contributed by atoms with van der Waals surface area (Å²) in [5.41, 5.74) is 0. The van der Waals surface area contributed by atoms with Crippen LogP contribution in [0, 0.1) is 0 Å². The molecular formula is C14H17NO3S2. The van der Waals surface area contributed by atoms with Crippen molar-refractivity contribution < 1.29 is 13.2 Å². The van der Waals surface area contributed by atoms with Crippen LogP contribution in [0.5, 0.6) is 5.75 Å². The van der Waals surface area contributed by atoms with E-state index in [-0.39, 0.29) is 10.9 Å². The average molecular weight is 311 g/mol. The van der Waals surface area contributed by atoms with Gasteiger partial charge in [-0.25, -0.2) is 13.1 Å². The molecule has 0 amide bonds. The monoisotopic (exact) mass is 311 g/mol. The summed E-state index contributed by atoms with van der Waals surface area (Å²) in [5.74, 6) is 0.665. The minimum absolute atomic E-state index is 0.240. The Balaban J connectivity index is 2.13. The molecule has 0 saturated carbocycles. The number of ether oxygens (including phenoxy) is 1. The second-order valence-electron chi connectivity index (χ2n) is 4.26. The van der Waals surface area contributed by atoms with Crippen molar-refractivity contribution in [1.29, 1.82) is 0 Å². The Morgan fingerprint density at radius 1 is 1.25 bits per heavy atom. The first-order valence-electron chi connectivity index (χ1n) is 6.31. The van der Waals surface area contributed by atoms with E-state index in [9.17, 15) is 8.42 Å². The molecule has 108 valence electrons. The highest BCUT2D eigenvalue weighted by Gasteiger charge is 2.18. The predicted octanol–water partition coefficient (Wildman–Crippen LogP) is 3.19. The molecule has 1 unspecified atom stereocenters. The first kappa shape index (κ1) is 15.0. The van der Waals surface area contributed by atoms with E-state index in [4.69, 9.17) is 4.74 Å². The van der Waals surface area contributed by atoms with Crippen molar-refractivity contribution in [3.63, 3.8) is 0 Å². The molecule has 0 spiro atoms. The van der Waals surface area contributed by atoms with E-state index in [1.807, 2.05) is 31.4 Å². The molecule has 0 fully saturated rings. The summed E-state index contributed by atoms with van der Waals surface area (Å²) >= 11 is 1.53. The topological polar surface area (TPSA) is 55.4 Å². The van der Waals surface area contributed by atoms with Crippen LogP contribution in [0.1, 0.15) is 24.8 Å². The lowest BCUT2D eigenvalue weighted by Crippen LogP contribution is -2.26. The van der Waals surface area contributed by atoms with Crippen LogP contribution in [-0.4, -0.2) is 15.0 Å². The van der Waals surface area contributed by atoms with Gasteiger partial charge in [-0.2, -0.15) is 0 Å². The highest BCUT2D eigenvalue weighted by Crippen LogP contribution is 2.22. The standard InChI is InChI=1S/C14H17NO3S2/c1-3-18-12-6-8-13(9-7-12)20(16,17)15-11(2)14-5-4-10-19-14/h4-11,15H,3H2,1-2H3. The van der Waals surface area contributed by atoms with Gasteiger partial charge in [0.2, 0.25) is 10.0 Å². The minimum Gasteiger partial charge on any atom is -0.494 e. The van der Waals surface area contributed by atoms with Gasteiger partial charge in [-0.05, 0) is 49.6 Å². The van der Waals surface area contributed by atoms with Gasteiger partial charge >= 0.3 is 0 Å². The average Bonchev–Trinajstić information content (AvgIpc) is 2.93. The number of sulfonamides is 1. The Kier molecular flexibility index (Phi) is 4.80. The molecule has 2 aromatic rings. The summed E-state index contributed by atoms with van der Waals surface area (Å²) in [4.78, 5) is 1.23. The molecule has 6 heteroatoms. The van der Waals surface area contributed by atoms with Crippen LogP contribution in [0.3, 0.4) is 0 Å². The second kappa shape index (κ2) is 6.39. The van der Waals surface area contributed by atoms with E-state index in [2.05, 4.69) is 4.72 Å². The zero-order valence-electron chi connectivity index (χ0n) is 11.4. The third kappa shape index (κ3) is 3.59. The van der Waals surface area contributed by atoms with Crippen molar-refractivity contribution in [2.45, 2.75) is 24.8 Å². The number of rotatable bonds is 6. The van der Waals surface area contributed by atoms with Crippen molar-refractivity contribution in [2.24, 2.45) is 0 Å². The Bertz CT molecular complexity index is 634. The Morgan fingerprint density at radius 2 is 1.95 bits per heavy atom. The molecular weight excluding hydrogens is 294 g/mol. The quantitative estimate of drug-likeness (QED) is 0.891. The number of hydrogen-bond acceptors (Lipinski definition) is 4. The molecule has 0 bridgehead atoms. The third-order valence-corrected chi connectivity index (χ3v) is 5.36. The van der Waals surface area contributed by atoms with Gasteiger partial charge in [0, 0.05) is 4.88 Å². The minimum atomic E-state index is -3.52. The van der Waals surface area contributed by atoms with Crippen molar-refractivity contribution in [3.05, 3.63) is 46.7 Å². The van der Waals surface area contributed by atoms with Gasteiger partial charge in [0.05, 0.1) is 17.5 Å². The second-order valence-corrected chi connectivity index (χ2v) is 6.96. The molecule has 0 aliphatic heterocycles. The van der Waals surface area contributed by atoms with Crippen LogP contribution in [0.4, 0.5) is 0 Å².